The van der Waals surface area contributed by atoms with E-state index in [0.717, 1.165) is 72.4 Å². The topological polar surface area (TPSA) is 65.3 Å². The molecule has 0 amide bonds. The molecule has 1 aliphatic heterocycles. The fourth-order valence-corrected chi connectivity index (χ4v) is 4.70. The second-order valence-electron chi connectivity index (χ2n) is 9.25. The van der Waals surface area contributed by atoms with E-state index in [4.69, 9.17) is 21.7 Å². The summed E-state index contributed by atoms with van der Waals surface area (Å²) >= 11 is 5.96. The molecule has 1 N–H and O–H groups in total. The standard InChI is InChI=1S/C25H29ClFN7/c1-16-10-21(30-29-16)14-22-11-19(15-33-8-6-32(3)7-9-33)25-28-17(2)24(34(25)31-22)12-18-4-5-20(26)13-23(18)27/h4-5,10-11,13H,6-9,12,14-15H2,1-3H3,(H,29,30). The molecule has 3 aromatic heterocycles. The van der Waals surface area contributed by atoms with Crippen molar-refractivity contribution in [3.8, 4) is 0 Å². The van der Waals surface area contributed by atoms with Crippen molar-refractivity contribution in [1.82, 2.24) is 34.6 Å². The van der Waals surface area contributed by atoms with E-state index >= 15 is 0 Å². The van der Waals surface area contributed by atoms with E-state index in [1.54, 1.807) is 12.1 Å². The smallest absolute Gasteiger partial charge is 0.158 e. The second-order valence-corrected chi connectivity index (χ2v) is 9.69. The van der Waals surface area contributed by atoms with E-state index in [-0.39, 0.29) is 5.82 Å². The van der Waals surface area contributed by atoms with Gasteiger partial charge in [-0.15, -0.1) is 0 Å². The van der Waals surface area contributed by atoms with Crippen LogP contribution in [-0.2, 0) is 19.4 Å². The summed E-state index contributed by atoms with van der Waals surface area (Å²) in [6, 6.07) is 8.99. The summed E-state index contributed by atoms with van der Waals surface area (Å²) in [4.78, 5) is 9.69. The quantitative estimate of drug-likeness (QED) is 0.454. The monoisotopic (exact) mass is 481 g/mol. The Balaban J connectivity index is 1.55. The lowest BCUT2D eigenvalue weighted by Gasteiger charge is -2.32. The van der Waals surface area contributed by atoms with Crippen LogP contribution in [0.15, 0.2) is 30.3 Å². The molecule has 0 bridgehead atoms. The van der Waals surface area contributed by atoms with Crippen LogP contribution in [0.2, 0.25) is 5.02 Å². The van der Waals surface area contributed by atoms with Crippen molar-refractivity contribution < 1.29 is 4.39 Å². The maximum absolute atomic E-state index is 14.6. The maximum atomic E-state index is 14.6. The van der Waals surface area contributed by atoms with Crippen LogP contribution in [0.5, 0.6) is 0 Å². The molecule has 9 heteroatoms. The van der Waals surface area contributed by atoms with Crippen molar-refractivity contribution in [2.75, 3.05) is 33.2 Å². The third kappa shape index (κ3) is 4.85. The summed E-state index contributed by atoms with van der Waals surface area (Å²) in [6.45, 7) is 8.89. The average Bonchev–Trinajstić information content (AvgIpc) is 3.34. The summed E-state index contributed by atoms with van der Waals surface area (Å²) in [5.74, 6) is -0.317. The summed E-state index contributed by atoms with van der Waals surface area (Å²) < 4.78 is 16.5. The van der Waals surface area contributed by atoms with Gasteiger partial charge in [0, 0.05) is 61.8 Å². The zero-order valence-electron chi connectivity index (χ0n) is 19.8. The highest BCUT2D eigenvalue weighted by molar-refractivity contribution is 6.30. The number of fused-ring (bicyclic) bond motifs is 1. The van der Waals surface area contributed by atoms with Crippen molar-refractivity contribution in [3.05, 3.63) is 80.8 Å². The lowest BCUT2D eigenvalue weighted by molar-refractivity contribution is 0.148. The van der Waals surface area contributed by atoms with Gasteiger partial charge in [0.05, 0.1) is 22.8 Å². The van der Waals surface area contributed by atoms with Crippen molar-refractivity contribution in [2.45, 2.75) is 33.2 Å². The molecule has 5 rings (SSSR count). The number of rotatable bonds is 6. The zero-order chi connectivity index (χ0) is 23.8. The van der Waals surface area contributed by atoms with E-state index in [0.29, 0.717) is 23.4 Å². The van der Waals surface area contributed by atoms with Gasteiger partial charge in [-0.3, -0.25) is 10.00 Å². The number of hydrogen-bond acceptors (Lipinski definition) is 5. The Kier molecular flexibility index (Phi) is 6.38. The Labute approximate surface area is 203 Å². The molecule has 0 unspecified atom stereocenters. The number of halogens is 2. The molecule has 1 fully saturated rings. The number of aromatic amines is 1. The van der Waals surface area contributed by atoms with E-state index < -0.39 is 0 Å². The maximum Gasteiger partial charge on any atom is 0.158 e. The molecular weight excluding hydrogens is 453 g/mol. The molecule has 0 aliphatic carbocycles. The van der Waals surface area contributed by atoms with E-state index in [2.05, 4.69) is 33.1 Å². The fraction of sp³-hybridized carbons (Fsp3) is 0.400. The third-order valence-electron chi connectivity index (χ3n) is 6.49. The molecule has 1 aromatic carbocycles. The van der Waals surface area contributed by atoms with Crippen LogP contribution in [0, 0.1) is 19.7 Å². The highest BCUT2D eigenvalue weighted by atomic mass is 35.5. The number of nitrogens with one attached hydrogen (secondary N) is 1. The predicted molar refractivity (Wildman–Crippen MR) is 131 cm³/mol. The van der Waals surface area contributed by atoms with Gasteiger partial charge in [-0.2, -0.15) is 10.2 Å². The Bertz CT molecular complexity index is 1320. The number of aromatic nitrogens is 5. The van der Waals surface area contributed by atoms with Gasteiger partial charge in [0.2, 0.25) is 0 Å². The van der Waals surface area contributed by atoms with Crippen LogP contribution in [0.4, 0.5) is 4.39 Å². The summed E-state index contributed by atoms with van der Waals surface area (Å²) in [5.41, 5.74) is 7.16. The van der Waals surface area contributed by atoms with Crippen molar-refractivity contribution in [3.63, 3.8) is 0 Å². The van der Waals surface area contributed by atoms with Crippen LogP contribution in [0.25, 0.3) is 5.65 Å². The Morgan fingerprint density at radius 3 is 2.50 bits per heavy atom. The van der Waals surface area contributed by atoms with Gasteiger partial charge in [-0.25, -0.2) is 13.9 Å². The minimum atomic E-state index is -0.317. The lowest BCUT2D eigenvalue weighted by Crippen LogP contribution is -2.44. The molecule has 178 valence electrons. The number of piperazine rings is 1. The van der Waals surface area contributed by atoms with Gasteiger partial charge < -0.3 is 4.90 Å². The number of benzene rings is 1. The van der Waals surface area contributed by atoms with Crippen LogP contribution in [-0.4, -0.2) is 67.8 Å². The molecule has 0 radical (unpaired) electrons. The van der Waals surface area contributed by atoms with Gasteiger partial charge in [0.25, 0.3) is 0 Å². The first-order valence-electron chi connectivity index (χ1n) is 11.6. The first-order chi connectivity index (χ1) is 16.4. The number of imidazole rings is 1. The van der Waals surface area contributed by atoms with Crippen LogP contribution < -0.4 is 0 Å². The van der Waals surface area contributed by atoms with Crippen LogP contribution in [0.3, 0.4) is 0 Å². The molecule has 7 nitrogen and oxygen atoms in total. The van der Waals surface area contributed by atoms with Gasteiger partial charge >= 0.3 is 0 Å². The molecule has 0 atom stereocenters. The largest absolute Gasteiger partial charge is 0.304 e. The molecule has 4 heterocycles. The van der Waals surface area contributed by atoms with Gasteiger partial charge in [-0.1, -0.05) is 17.7 Å². The normalized spacial score (nSPS) is 15.4. The summed E-state index contributed by atoms with van der Waals surface area (Å²) in [7, 11) is 2.16. The van der Waals surface area contributed by atoms with E-state index in [1.165, 1.54) is 6.07 Å². The van der Waals surface area contributed by atoms with E-state index in [9.17, 15) is 4.39 Å². The minimum Gasteiger partial charge on any atom is -0.304 e. The number of hydrogen-bond donors (Lipinski definition) is 1. The van der Waals surface area contributed by atoms with Crippen LogP contribution in [0.1, 0.15) is 39.6 Å². The number of H-pyrrole nitrogens is 1. The molecule has 1 saturated heterocycles. The SMILES string of the molecule is Cc1cc(Cc2cc(CN3CCN(C)CC3)c3nc(C)c(Cc4ccc(Cl)cc4F)n3n2)n[nH]1. The summed E-state index contributed by atoms with van der Waals surface area (Å²) in [5, 5.41) is 12.7. The summed E-state index contributed by atoms with van der Waals surface area (Å²) in [6.07, 6.45) is 1.00. The van der Waals surface area contributed by atoms with Gasteiger partial charge in [0.1, 0.15) is 5.82 Å². The Morgan fingerprint density at radius 1 is 1.00 bits per heavy atom. The van der Waals surface area contributed by atoms with Crippen molar-refractivity contribution in [2.24, 2.45) is 0 Å². The number of likely N-dealkylation sites (N-methyl/N-ethyl adjacent to an activating group) is 1. The van der Waals surface area contributed by atoms with E-state index in [1.807, 2.05) is 24.4 Å². The molecule has 0 saturated carbocycles. The van der Waals surface area contributed by atoms with Crippen LogP contribution >= 0.6 is 11.6 Å². The van der Waals surface area contributed by atoms with Crippen molar-refractivity contribution in [1.29, 1.82) is 0 Å². The third-order valence-corrected chi connectivity index (χ3v) is 6.72. The lowest BCUT2D eigenvalue weighted by atomic mass is 10.1. The molecule has 0 spiro atoms. The number of aryl methyl sites for hydroxylation is 2. The molecular formula is C25H29ClFN7. The van der Waals surface area contributed by atoms with Crippen molar-refractivity contribution >= 4 is 17.2 Å². The fourth-order valence-electron chi connectivity index (χ4n) is 4.54. The molecule has 1 aliphatic rings. The van der Waals surface area contributed by atoms with Gasteiger partial charge in [0.15, 0.2) is 5.65 Å². The molecule has 4 aromatic rings. The zero-order valence-corrected chi connectivity index (χ0v) is 20.5. The second kappa shape index (κ2) is 9.44. The highest BCUT2D eigenvalue weighted by Crippen LogP contribution is 2.24. The minimum absolute atomic E-state index is 0.317. The first-order valence-corrected chi connectivity index (χ1v) is 12.0. The first kappa shape index (κ1) is 23.0. The predicted octanol–water partition coefficient (Wildman–Crippen LogP) is 3.79. The molecule has 34 heavy (non-hydrogen) atoms. The van der Waals surface area contributed by atoms with Gasteiger partial charge in [-0.05, 0) is 50.7 Å². The Morgan fingerprint density at radius 2 is 1.79 bits per heavy atom. The average molecular weight is 482 g/mol. The Hall–Kier alpha value is -2.81. The highest BCUT2D eigenvalue weighted by Gasteiger charge is 2.20. The number of nitrogens with zero attached hydrogens (tertiary/aromatic N) is 6.